The number of carbonyl (C=O) groups is 1. The molecule has 0 fully saturated rings. The van der Waals surface area contributed by atoms with Gasteiger partial charge in [0.2, 0.25) is 0 Å². The molecule has 0 saturated heterocycles. The Kier molecular flexibility index (Phi) is 2.88. The van der Waals surface area contributed by atoms with E-state index >= 15 is 0 Å². The number of nitrogens with zero attached hydrogens (tertiary/aromatic N) is 2. The summed E-state index contributed by atoms with van der Waals surface area (Å²) in [4.78, 5) is 16.2. The lowest BCUT2D eigenvalue weighted by Crippen LogP contribution is -2.07. The molecule has 0 unspecified atom stereocenters. The Bertz CT molecular complexity index is 585. The van der Waals surface area contributed by atoms with Crippen molar-refractivity contribution in [2.75, 3.05) is 6.61 Å². The van der Waals surface area contributed by atoms with Gasteiger partial charge in [0, 0.05) is 17.6 Å². The SMILES string of the molecule is CCOC(=O)c1ccn2c(C)c(C)c(C)nc12. The number of ether oxygens (including phenoxy) is 1. The maximum absolute atomic E-state index is 11.8. The Morgan fingerprint density at radius 2 is 2.12 bits per heavy atom. The van der Waals surface area contributed by atoms with Gasteiger partial charge in [-0.05, 0) is 39.3 Å². The van der Waals surface area contributed by atoms with Gasteiger partial charge in [0.25, 0.3) is 0 Å². The number of fused-ring (bicyclic) bond motifs is 1. The molecule has 0 radical (unpaired) electrons. The van der Waals surface area contributed by atoms with Gasteiger partial charge in [-0.3, -0.25) is 0 Å². The molecule has 2 heterocycles. The highest BCUT2D eigenvalue weighted by Gasteiger charge is 2.16. The van der Waals surface area contributed by atoms with Gasteiger partial charge in [-0.2, -0.15) is 0 Å². The van der Waals surface area contributed by atoms with Gasteiger partial charge in [0.15, 0.2) is 5.65 Å². The van der Waals surface area contributed by atoms with Crippen molar-refractivity contribution in [1.82, 2.24) is 9.38 Å². The monoisotopic (exact) mass is 232 g/mol. The van der Waals surface area contributed by atoms with E-state index in [9.17, 15) is 4.79 Å². The summed E-state index contributed by atoms with van der Waals surface area (Å²) in [7, 11) is 0. The van der Waals surface area contributed by atoms with Gasteiger partial charge in [-0.25, -0.2) is 9.78 Å². The van der Waals surface area contributed by atoms with Crippen LogP contribution in [0.15, 0.2) is 12.3 Å². The molecule has 0 aliphatic rings. The molecule has 0 aromatic carbocycles. The second-order valence-corrected chi connectivity index (χ2v) is 4.05. The van der Waals surface area contributed by atoms with E-state index in [-0.39, 0.29) is 5.97 Å². The zero-order valence-corrected chi connectivity index (χ0v) is 10.6. The van der Waals surface area contributed by atoms with Gasteiger partial charge in [-0.15, -0.1) is 0 Å². The fourth-order valence-electron chi connectivity index (χ4n) is 1.86. The van der Waals surface area contributed by atoms with Crippen LogP contribution in [0.1, 0.15) is 34.2 Å². The summed E-state index contributed by atoms with van der Waals surface area (Å²) < 4.78 is 6.94. The average Bonchev–Trinajstić information content (AvgIpc) is 2.70. The molecule has 2 aromatic rings. The third-order valence-electron chi connectivity index (χ3n) is 3.08. The van der Waals surface area contributed by atoms with Crippen LogP contribution in [0.25, 0.3) is 5.65 Å². The quantitative estimate of drug-likeness (QED) is 0.747. The van der Waals surface area contributed by atoms with Gasteiger partial charge in [0.1, 0.15) is 5.56 Å². The highest BCUT2D eigenvalue weighted by Crippen LogP contribution is 2.18. The maximum Gasteiger partial charge on any atom is 0.341 e. The number of hydrogen-bond donors (Lipinski definition) is 0. The third-order valence-corrected chi connectivity index (χ3v) is 3.08. The molecule has 0 aliphatic carbocycles. The number of carbonyl (C=O) groups excluding carboxylic acids is 1. The van der Waals surface area contributed by atoms with Crippen molar-refractivity contribution in [2.45, 2.75) is 27.7 Å². The number of rotatable bonds is 2. The molecule has 17 heavy (non-hydrogen) atoms. The zero-order chi connectivity index (χ0) is 12.6. The van der Waals surface area contributed by atoms with E-state index in [0.717, 1.165) is 17.0 Å². The third kappa shape index (κ3) is 1.79. The Labute approximate surface area is 100 Å². The molecule has 4 nitrogen and oxygen atoms in total. The molecule has 0 aliphatic heterocycles. The minimum Gasteiger partial charge on any atom is -0.462 e. The molecule has 2 aromatic heterocycles. The van der Waals surface area contributed by atoms with E-state index < -0.39 is 0 Å². The topological polar surface area (TPSA) is 43.6 Å². The average molecular weight is 232 g/mol. The van der Waals surface area contributed by atoms with Crippen LogP contribution in [-0.4, -0.2) is 22.0 Å². The molecule has 4 heteroatoms. The summed E-state index contributed by atoms with van der Waals surface area (Å²) >= 11 is 0. The maximum atomic E-state index is 11.8. The van der Waals surface area contributed by atoms with Crippen molar-refractivity contribution in [3.8, 4) is 0 Å². The fourth-order valence-corrected chi connectivity index (χ4v) is 1.86. The van der Waals surface area contributed by atoms with Crippen LogP contribution >= 0.6 is 0 Å². The number of esters is 1. The predicted octanol–water partition coefficient (Wildman–Crippen LogP) is 2.44. The molecule has 0 bridgehead atoms. The first-order chi connectivity index (χ1) is 8.06. The number of aromatic nitrogens is 2. The number of aryl methyl sites for hydroxylation is 2. The minimum atomic E-state index is -0.315. The lowest BCUT2D eigenvalue weighted by Gasteiger charge is -2.08. The zero-order valence-electron chi connectivity index (χ0n) is 10.6. The van der Waals surface area contributed by atoms with Crippen LogP contribution in [0.2, 0.25) is 0 Å². The van der Waals surface area contributed by atoms with Crippen molar-refractivity contribution < 1.29 is 9.53 Å². The van der Waals surface area contributed by atoms with Crippen molar-refractivity contribution >= 4 is 11.6 Å². The molecule has 2 rings (SSSR count). The molecule has 0 saturated carbocycles. The highest BCUT2D eigenvalue weighted by atomic mass is 16.5. The molecular weight excluding hydrogens is 216 g/mol. The van der Waals surface area contributed by atoms with E-state index in [1.54, 1.807) is 13.0 Å². The van der Waals surface area contributed by atoms with E-state index in [1.807, 2.05) is 31.4 Å². The molecular formula is C13H16N2O2. The molecule has 90 valence electrons. The second kappa shape index (κ2) is 4.20. The predicted molar refractivity (Wildman–Crippen MR) is 65.4 cm³/mol. The van der Waals surface area contributed by atoms with E-state index in [4.69, 9.17) is 4.74 Å². The lowest BCUT2D eigenvalue weighted by molar-refractivity contribution is 0.0528. The largest absolute Gasteiger partial charge is 0.462 e. The Morgan fingerprint density at radius 1 is 1.41 bits per heavy atom. The standard InChI is InChI=1S/C13H16N2O2/c1-5-17-13(16)11-6-7-15-10(4)8(2)9(3)14-12(11)15/h6-7H,5H2,1-4H3. The summed E-state index contributed by atoms with van der Waals surface area (Å²) in [5.41, 5.74) is 4.38. The molecule has 0 amide bonds. The Morgan fingerprint density at radius 3 is 2.76 bits per heavy atom. The summed E-state index contributed by atoms with van der Waals surface area (Å²) in [6, 6.07) is 1.76. The minimum absolute atomic E-state index is 0.315. The summed E-state index contributed by atoms with van der Waals surface area (Å²) in [6.45, 7) is 8.17. The lowest BCUT2D eigenvalue weighted by atomic mass is 10.2. The van der Waals surface area contributed by atoms with E-state index in [2.05, 4.69) is 4.98 Å². The van der Waals surface area contributed by atoms with Crippen molar-refractivity contribution in [3.05, 3.63) is 34.8 Å². The van der Waals surface area contributed by atoms with Gasteiger partial charge >= 0.3 is 5.97 Å². The van der Waals surface area contributed by atoms with Crippen molar-refractivity contribution in [3.63, 3.8) is 0 Å². The molecule has 0 spiro atoms. The van der Waals surface area contributed by atoms with E-state index in [0.29, 0.717) is 17.8 Å². The van der Waals surface area contributed by atoms with Gasteiger partial charge in [0.05, 0.1) is 6.61 Å². The van der Waals surface area contributed by atoms with Crippen LogP contribution in [0.5, 0.6) is 0 Å². The van der Waals surface area contributed by atoms with Crippen molar-refractivity contribution in [2.24, 2.45) is 0 Å². The molecule has 0 N–H and O–H groups in total. The highest BCUT2D eigenvalue weighted by molar-refractivity contribution is 5.96. The normalized spacial score (nSPS) is 10.8. The summed E-state index contributed by atoms with van der Waals surface area (Å²) in [5.74, 6) is -0.315. The Balaban J connectivity index is 2.65. The van der Waals surface area contributed by atoms with Crippen LogP contribution in [0, 0.1) is 20.8 Å². The Hall–Kier alpha value is -1.84. The smallest absolute Gasteiger partial charge is 0.341 e. The van der Waals surface area contributed by atoms with E-state index in [1.165, 1.54) is 0 Å². The van der Waals surface area contributed by atoms with Crippen molar-refractivity contribution in [1.29, 1.82) is 0 Å². The second-order valence-electron chi connectivity index (χ2n) is 4.05. The summed E-state index contributed by atoms with van der Waals surface area (Å²) in [6.07, 6.45) is 1.86. The van der Waals surface area contributed by atoms with Gasteiger partial charge in [-0.1, -0.05) is 0 Å². The van der Waals surface area contributed by atoms with Crippen LogP contribution in [-0.2, 0) is 4.74 Å². The number of hydrogen-bond acceptors (Lipinski definition) is 3. The fraction of sp³-hybridized carbons (Fsp3) is 0.385. The van der Waals surface area contributed by atoms with Gasteiger partial charge < -0.3 is 9.14 Å². The van der Waals surface area contributed by atoms with Crippen LogP contribution in [0.3, 0.4) is 0 Å². The summed E-state index contributed by atoms with van der Waals surface area (Å²) in [5, 5.41) is 0. The first kappa shape index (κ1) is 11.6. The molecule has 0 atom stereocenters. The van der Waals surface area contributed by atoms with Crippen LogP contribution < -0.4 is 0 Å². The first-order valence-corrected chi connectivity index (χ1v) is 5.68. The van der Waals surface area contributed by atoms with Crippen LogP contribution in [0.4, 0.5) is 0 Å². The first-order valence-electron chi connectivity index (χ1n) is 5.68.